The van der Waals surface area contributed by atoms with Crippen molar-refractivity contribution in [3.63, 3.8) is 0 Å². The average Bonchev–Trinajstić information content (AvgIpc) is 3.00. The molecule has 1 heterocycles. The van der Waals surface area contributed by atoms with Gasteiger partial charge in [-0.25, -0.2) is 5.43 Å². The van der Waals surface area contributed by atoms with Gasteiger partial charge in [0, 0.05) is 28.3 Å². The fourth-order valence-electron chi connectivity index (χ4n) is 3.40. The van der Waals surface area contributed by atoms with Crippen molar-refractivity contribution in [3.8, 4) is 5.69 Å². The fraction of sp³-hybridized carbons (Fsp3) is 0.240. The van der Waals surface area contributed by atoms with Crippen molar-refractivity contribution in [1.82, 2.24) is 9.99 Å². The number of aryl methyl sites for hydroxylation is 5. The Balaban J connectivity index is 1.69. The maximum absolute atomic E-state index is 12.1. The Kier molecular flexibility index (Phi) is 6.39. The van der Waals surface area contributed by atoms with Gasteiger partial charge in [-0.15, -0.1) is 0 Å². The number of carbonyl (C=O) groups excluding carboxylic acids is 2. The molecular formula is C25H28N4O2. The maximum Gasteiger partial charge on any atom is 0.329 e. The molecular weight excluding hydrogens is 388 g/mol. The predicted octanol–water partition coefficient (Wildman–Crippen LogP) is 4.42. The number of carbonyl (C=O) groups is 2. The summed E-state index contributed by atoms with van der Waals surface area (Å²) in [5, 5.41) is 6.56. The van der Waals surface area contributed by atoms with Gasteiger partial charge in [0.25, 0.3) is 0 Å². The van der Waals surface area contributed by atoms with Gasteiger partial charge in [0.1, 0.15) is 0 Å². The summed E-state index contributed by atoms with van der Waals surface area (Å²) in [5.74, 6) is -1.58. The van der Waals surface area contributed by atoms with Crippen LogP contribution in [0.4, 0.5) is 5.69 Å². The molecule has 3 aromatic rings. The molecule has 0 unspecified atom stereocenters. The first-order valence-corrected chi connectivity index (χ1v) is 10.2. The van der Waals surface area contributed by atoms with Crippen LogP contribution in [-0.2, 0) is 9.59 Å². The molecule has 2 amide bonds. The lowest BCUT2D eigenvalue weighted by molar-refractivity contribution is -0.136. The SMILES string of the molecule is Cc1ccc(NC(=O)C(=O)N/N=C\c2cc(C)n(-c3ccc(C)c(C)c3)c2C)cc1C. The van der Waals surface area contributed by atoms with Gasteiger partial charge in [0.15, 0.2) is 0 Å². The lowest BCUT2D eigenvalue weighted by atomic mass is 10.1. The summed E-state index contributed by atoms with van der Waals surface area (Å²) in [6, 6.07) is 13.8. The van der Waals surface area contributed by atoms with Crippen LogP contribution in [0.2, 0.25) is 0 Å². The molecule has 0 aliphatic heterocycles. The minimum absolute atomic E-state index is 0.573. The summed E-state index contributed by atoms with van der Waals surface area (Å²) in [5.41, 5.74) is 11.5. The molecule has 2 N–H and O–H groups in total. The number of aromatic nitrogens is 1. The number of hydrogen-bond acceptors (Lipinski definition) is 3. The van der Waals surface area contributed by atoms with E-state index < -0.39 is 11.8 Å². The van der Waals surface area contributed by atoms with Gasteiger partial charge >= 0.3 is 11.8 Å². The maximum atomic E-state index is 12.1. The minimum atomic E-state index is -0.822. The summed E-state index contributed by atoms with van der Waals surface area (Å²) < 4.78 is 2.14. The molecule has 0 spiro atoms. The van der Waals surface area contributed by atoms with Crippen molar-refractivity contribution in [2.45, 2.75) is 41.5 Å². The highest BCUT2D eigenvalue weighted by Crippen LogP contribution is 2.22. The number of hydrazone groups is 1. The van der Waals surface area contributed by atoms with Crippen molar-refractivity contribution >= 4 is 23.7 Å². The monoisotopic (exact) mass is 416 g/mol. The second kappa shape index (κ2) is 9.00. The highest BCUT2D eigenvalue weighted by Gasteiger charge is 2.14. The first-order valence-electron chi connectivity index (χ1n) is 10.2. The van der Waals surface area contributed by atoms with Gasteiger partial charge in [0.05, 0.1) is 6.21 Å². The van der Waals surface area contributed by atoms with Crippen molar-refractivity contribution in [2.24, 2.45) is 5.10 Å². The molecule has 6 nitrogen and oxygen atoms in total. The largest absolute Gasteiger partial charge is 0.329 e. The molecule has 31 heavy (non-hydrogen) atoms. The molecule has 160 valence electrons. The highest BCUT2D eigenvalue weighted by molar-refractivity contribution is 6.39. The smallest absolute Gasteiger partial charge is 0.318 e. The van der Waals surface area contributed by atoms with E-state index in [0.29, 0.717) is 5.69 Å². The van der Waals surface area contributed by atoms with Crippen LogP contribution in [0.25, 0.3) is 5.69 Å². The van der Waals surface area contributed by atoms with Crippen LogP contribution >= 0.6 is 0 Å². The zero-order valence-electron chi connectivity index (χ0n) is 18.8. The number of rotatable bonds is 4. The Morgan fingerprint density at radius 1 is 0.806 bits per heavy atom. The Bertz CT molecular complexity index is 1190. The van der Waals surface area contributed by atoms with Crippen LogP contribution in [0, 0.1) is 41.5 Å². The standard InChI is InChI=1S/C25H28N4O2/c1-15-7-9-22(11-17(15)3)27-24(30)25(31)28-26-14-21-13-19(5)29(20(21)6)23-10-8-16(2)18(4)12-23/h7-14H,1-6H3,(H,27,30)(H,28,31)/b26-14-. The molecule has 0 atom stereocenters. The number of benzene rings is 2. The second-order valence-corrected chi connectivity index (χ2v) is 7.88. The van der Waals surface area contributed by atoms with Crippen LogP contribution in [0.5, 0.6) is 0 Å². The van der Waals surface area contributed by atoms with E-state index >= 15 is 0 Å². The van der Waals surface area contributed by atoms with Gasteiger partial charge in [-0.2, -0.15) is 5.10 Å². The molecule has 0 bridgehead atoms. The normalized spacial score (nSPS) is 11.0. The Hall–Kier alpha value is -3.67. The first-order chi connectivity index (χ1) is 14.7. The summed E-state index contributed by atoms with van der Waals surface area (Å²) in [7, 11) is 0. The fourth-order valence-corrected chi connectivity index (χ4v) is 3.40. The van der Waals surface area contributed by atoms with Crippen LogP contribution in [-0.4, -0.2) is 22.6 Å². The summed E-state index contributed by atoms with van der Waals surface area (Å²) >= 11 is 0. The molecule has 0 aliphatic rings. The molecule has 1 aromatic heterocycles. The number of nitrogens with zero attached hydrogens (tertiary/aromatic N) is 2. The van der Waals surface area contributed by atoms with E-state index in [-0.39, 0.29) is 0 Å². The Labute approximate surface area is 183 Å². The number of nitrogens with one attached hydrogen (secondary N) is 2. The number of anilines is 1. The quantitative estimate of drug-likeness (QED) is 0.375. The topological polar surface area (TPSA) is 75.5 Å². The summed E-state index contributed by atoms with van der Waals surface area (Å²) in [6.07, 6.45) is 1.56. The molecule has 0 fully saturated rings. The van der Waals surface area contributed by atoms with Crippen LogP contribution < -0.4 is 10.7 Å². The van der Waals surface area contributed by atoms with Gasteiger partial charge < -0.3 is 9.88 Å². The van der Waals surface area contributed by atoms with E-state index in [1.165, 1.54) is 11.1 Å². The lowest BCUT2D eigenvalue weighted by Crippen LogP contribution is -2.32. The summed E-state index contributed by atoms with van der Waals surface area (Å²) in [6.45, 7) is 12.1. The number of hydrogen-bond donors (Lipinski definition) is 2. The van der Waals surface area contributed by atoms with Crippen LogP contribution in [0.15, 0.2) is 47.6 Å². The average molecular weight is 417 g/mol. The molecule has 0 saturated carbocycles. The molecule has 0 saturated heterocycles. The summed E-state index contributed by atoms with van der Waals surface area (Å²) in [4.78, 5) is 24.2. The molecule has 0 aliphatic carbocycles. The van der Waals surface area contributed by atoms with Gasteiger partial charge in [-0.05, 0) is 94.1 Å². The molecule has 6 heteroatoms. The minimum Gasteiger partial charge on any atom is -0.318 e. The van der Waals surface area contributed by atoms with Crippen molar-refractivity contribution < 1.29 is 9.59 Å². The van der Waals surface area contributed by atoms with E-state index in [0.717, 1.165) is 33.8 Å². The molecule has 0 radical (unpaired) electrons. The predicted molar refractivity (Wildman–Crippen MR) is 125 cm³/mol. The van der Waals surface area contributed by atoms with Crippen LogP contribution in [0.1, 0.15) is 39.2 Å². The van der Waals surface area contributed by atoms with Crippen molar-refractivity contribution in [2.75, 3.05) is 5.32 Å². The van der Waals surface area contributed by atoms with Crippen molar-refractivity contribution in [1.29, 1.82) is 0 Å². The van der Waals surface area contributed by atoms with Crippen molar-refractivity contribution in [3.05, 3.63) is 81.7 Å². The Morgan fingerprint density at radius 3 is 2.10 bits per heavy atom. The van der Waals surface area contributed by atoms with Gasteiger partial charge in [-0.3, -0.25) is 9.59 Å². The highest BCUT2D eigenvalue weighted by atomic mass is 16.2. The van der Waals surface area contributed by atoms with E-state index in [2.05, 4.69) is 52.5 Å². The Morgan fingerprint density at radius 2 is 1.45 bits per heavy atom. The zero-order chi connectivity index (χ0) is 22.7. The van der Waals surface area contributed by atoms with Gasteiger partial charge in [-0.1, -0.05) is 12.1 Å². The van der Waals surface area contributed by atoms with E-state index in [1.54, 1.807) is 12.3 Å². The molecule has 2 aromatic carbocycles. The number of amides is 2. The molecule has 3 rings (SSSR count). The van der Waals surface area contributed by atoms with Crippen LogP contribution in [0.3, 0.4) is 0 Å². The van der Waals surface area contributed by atoms with Gasteiger partial charge in [0.2, 0.25) is 0 Å². The third-order valence-electron chi connectivity index (χ3n) is 5.56. The first kappa shape index (κ1) is 22.0. The van der Waals surface area contributed by atoms with E-state index in [1.807, 2.05) is 45.9 Å². The zero-order valence-corrected chi connectivity index (χ0v) is 18.8. The second-order valence-electron chi connectivity index (χ2n) is 7.88. The third-order valence-corrected chi connectivity index (χ3v) is 5.56. The van der Waals surface area contributed by atoms with E-state index in [4.69, 9.17) is 0 Å². The lowest BCUT2D eigenvalue weighted by Gasteiger charge is -2.11. The third kappa shape index (κ3) is 4.91. The van der Waals surface area contributed by atoms with E-state index in [9.17, 15) is 9.59 Å².